The summed E-state index contributed by atoms with van der Waals surface area (Å²) in [5, 5.41) is 7.60. The Balaban J connectivity index is 2.03. The molecule has 1 N–H and O–H groups in total. The predicted octanol–water partition coefficient (Wildman–Crippen LogP) is 3.76. The van der Waals surface area contributed by atoms with Gasteiger partial charge in [-0.15, -0.1) is 0 Å². The Morgan fingerprint density at radius 1 is 1.21 bits per heavy atom. The van der Waals surface area contributed by atoms with Crippen molar-refractivity contribution < 1.29 is 8.42 Å². The Labute approximate surface area is 149 Å². The molecule has 0 aliphatic rings. The maximum Gasteiger partial charge on any atom is 0.175 e. The molecule has 6 nitrogen and oxygen atoms in total. The van der Waals surface area contributed by atoms with Gasteiger partial charge in [0, 0.05) is 23.7 Å². The van der Waals surface area contributed by atoms with Gasteiger partial charge >= 0.3 is 0 Å². The summed E-state index contributed by atoms with van der Waals surface area (Å²) in [5.74, 6) is 1.03. The van der Waals surface area contributed by atoms with E-state index in [0.717, 1.165) is 27.3 Å². The Bertz CT molecular complexity index is 995. The van der Waals surface area contributed by atoms with Crippen molar-refractivity contribution >= 4 is 42.9 Å². The molecular weight excluding hydrogens is 392 g/mol. The number of aromatic nitrogens is 3. The summed E-state index contributed by atoms with van der Waals surface area (Å²) in [7, 11) is -3.20. The van der Waals surface area contributed by atoms with Crippen LogP contribution in [-0.2, 0) is 9.84 Å². The van der Waals surface area contributed by atoms with E-state index in [1.165, 1.54) is 6.26 Å². The van der Waals surface area contributed by atoms with Crippen LogP contribution < -0.4 is 5.32 Å². The molecule has 0 radical (unpaired) electrons. The van der Waals surface area contributed by atoms with Gasteiger partial charge in [-0.3, -0.25) is 0 Å². The van der Waals surface area contributed by atoms with Gasteiger partial charge in [0.15, 0.2) is 15.5 Å². The summed E-state index contributed by atoms with van der Waals surface area (Å²) in [6.45, 7) is 4.15. The fourth-order valence-corrected chi connectivity index (χ4v) is 3.25. The minimum Gasteiger partial charge on any atom is -0.340 e. The van der Waals surface area contributed by atoms with Gasteiger partial charge in [0.1, 0.15) is 5.82 Å². The average molecular weight is 409 g/mol. The lowest BCUT2D eigenvalue weighted by atomic mass is 10.1. The number of halogens is 1. The Kier molecular flexibility index (Phi) is 4.35. The third kappa shape index (κ3) is 3.29. The molecule has 0 aliphatic heterocycles. The van der Waals surface area contributed by atoms with Crippen molar-refractivity contribution in [1.82, 2.24) is 14.6 Å². The molecule has 24 heavy (non-hydrogen) atoms. The molecule has 1 aromatic carbocycles. The number of fused-ring (bicyclic) bond motifs is 1. The van der Waals surface area contributed by atoms with Crippen molar-refractivity contribution in [3.8, 4) is 0 Å². The van der Waals surface area contributed by atoms with Crippen LogP contribution in [0.1, 0.15) is 25.5 Å². The highest BCUT2D eigenvalue weighted by molar-refractivity contribution is 9.10. The topological polar surface area (TPSA) is 76.4 Å². The smallest absolute Gasteiger partial charge is 0.175 e. The summed E-state index contributed by atoms with van der Waals surface area (Å²) in [6, 6.07) is 8.57. The zero-order chi connectivity index (χ0) is 17.5. The summed E-state index contributed by atoms with van der Waals surface area (Å²) in [5.41, 5.74) is 2.45. The van der Waals surface area contributed by atoms with Crippen LogP contribution in [0.3, 0.4) is 0 Å². The Morgan fingerprint density at radius 2 is 1.88 bits per heavy atom. The van der Waals surface area contributed by atoms with Gasteiger partial charge in [0.05, 0.1) is 15.6 Å². The van der Waals surface area contributed by atoms with Gasteiger partial charge < -0.3 is 5.32 Å². The van der Waals surface area contributed by atoms with Crippen molar-refractivity contribution in [2.24, 2.45) is 0 Å². The van der Waals surface area contributed by atoms with E-state index in [1.807, 2.05) is 6.07 Å². The molecule has 2 aromatic heterocycles. The van der Waals surface area contributed by atoms with Crippen LogP contribution in [0.4, 0.5) is 11.5 Å². The normalized spacial score (nSPS) is 12.0. The van der Waals surface area contributed by atoms with E-state index in [2.05, 4.69) is 45.2 Å². The minimum absolute atomic E-state index is 0.268. The second-order valence-electron chi connectivity index (χ2n) is 5.87. The second-order valence-corrected chi connectivity index (χ2v) is 8.74. The molecule has 2 heterocycles. The van der Waals surface area contributed by atoms with Gasteiger partial charge in [-0.25, -0.2) is 13.4 Å². The molecule has 0 bridgehead atoms. The van der Waals surface area contributed by atoms with Crippen LogP contribution >= 0.6 is 15.9 Å². The first-order valence-corrected chi connectivity index (χ1v) is 10.1. The molecular formula is C16H17BrN4O2S. The number of sulfone groups is 1. The number of nitrogens with one attached hydrogen (secondary N) is 1. The first-order valence-electron chi connectivity index (χ1n) is 7.37. The first-order chi connectivity index (χ1) is 11.3. The van der Waals surface area contributed by atoms with Gasteiger partial charge in [-0.1, -0.05) is 13.8 Å². The van der Waals surface area contributed by atoms with E-state index in [9.17, 15) is 8.42 Å². The van der Waals surface area contributed by atoms with E-state index in [4.69, 9.17) is 0 Å². The summed E-state index contributed by atoms with van der Waals surface area (Å²) in [4.78, 5) is 4.91. The molecule has 3 aromatic rings. The fraction of sp³-hybridized carbons (Fsp3) is 0.250. The average Bonchev–Trinajstić information content (AvgIpc) is 2.88. The molecule has 0 atom stereocenters. The lowest BCUT2D eigenvalue weighted by Crippen LogP contribution is -2.05. The number of rotatable bonds is 4. The number of hydrogen-bond donors (Lipinski definition) is 1. The lowest BCUT2D eigenvalue weighted by Gasteiger charge is -2.12. The molecule has 0 fully saturated rings. The number of hydrogen-bond acceptors (Lipinski definition) is 5. The van der Waals surface area contributed by atoms with Crippen molar-refractivity contribution in [3.05, 3.63) is 46.7 Å². The monoisotopic (exact) mass is 408 g/mol. The molecule has 0 unspecified atom stereocenters. The molecule has 126 valence electrons. The molecule has 0 spiro atoms. The third-order valence-electron chi connectivity index (χ3n) is 3.59. The van der Waals surface area contributed by atoms with E-state index in [0.29, 0.717) is 0 Å². The highest BCUT2D eigenvalue weighted by atomic mass is 79.9. The number of anilines is 2. The van der Waals surface area contributed by atoms with Crippen LogP contribution in [0.2, 0.25) is 0 Å². The molecule has 0 aliphatic carbocycles. The van der Waals surface area contributed by atoms with E-state index in [-0.39, 0.29) is 10.8 Å². The highest BCUT2D eigenvalue weighted by Gasteiger charge is 2.13. The van der Waals surface area contributed by atoms with Crippen molar-refractivity contribution in [3.63, 3.8) is 0 Å². The van der Waals surface area contributed by atoms with E-state index >= 15 is 0 Å². The number of nitrogens with zero attached hydrogens (tertiary/aromatic N) is 3. The second kappa shape index (κ2) is 6.18. The van der Waals surface area contributed by atoms with Crippen molar-refractivity contribution in [2.75, 3.05) is 11.6 Å². The maximum atomic E-state index is 11.6. The summed E-state index contributed by atoms with van der Waals surface area (Å²) < 4.78 is 25.6. The highest BCUT2D eigenvalue weighted by Crippen LogP contribution is 2.26. The summed E-state index contributed by atoms with van der Waals surface area (Å²) in [6.07, 6.45) is 2.89. The molecule has 0 amide bonds. The first kappa shape index (κ1) is 16.9. The molecule has 0 saturated carbocycles. The van der Waals surface area contributed by atoms with Gasteiger partial charge in [-0.2, -0.15) is 9.61 Å². The van der Waals surface area contributed by atoms with Crippen molar-refractivity contribution in [2.45, 2.75) is 24.7 Å². The Hall–Kier alpha value is -1.93. The largest absolute Gasteiger partial charge is 0.340 e. The lowest BCUT2D eigenvalue weighted by molar-refractivity contribution is 0.602. The SMILES string of the molecule is CC(C)c1cc(Nc2ccc(S(C)(=O)=O)cc2)n2ncc(Br)c2n1. The third-order valence-corrected chi connectivity index (χ3v) is 5.28. The van der Waals surface area contributed by atoms with Crippen LogP contribution in [0, 0.1) is 0 Å². The predicted molar refractivity (Wildman–Crippen MR) is 97.6 cm³/mol. The van der Waals surface area contributed by atoms with Crippen molar-refractivity contribution in [1.29, 1.82) is 0 Å². The van der Waals surface area contributed by atoms with Crippen LogP contribution in [0.25, 0.3) is 5.65 Å². The maximum absolute atomic E-state index is 11.6. The number of benzene rings is 1. The molecule has 3 rings (SSSR count). The van der Waals surface area contributed by atoms with Gasteiger partial charge in [0.25, 0.3) is 0 Å². The van der Waals surface area contributed by atoms with Crippen LogP contribution in [0.5, 0.6) is 0 Å². The van der Waals surface area contributed by atoms with E-state index < -0.39 is 9.84 Å². The molecule has 0 saturated heterocycles. The standard InChI is InChI=1S/C16H17BrN4O2S/c1-10(2)14-8-15(21-16(20-14)13(17)9-18-21)19-11-4-6-12(7-5-11)24(3,22)23/h4-10,19H,1-3H3. The quantitative estimate of drug-likeness (QED) is 0.710. The zero-order valence-corrected chi connectivity index (χ0v) is 15.9. The van der Waals surface area contributed by atoms with Crippen LogP contribution in [-0.4, -0.2) is 29.3 Å². The summed E-state index contributed by atoms with van der Waals surface area (Å²) >= 11 is 3.46. The van der Waals surface area contributed by atoms with E-state index in [1.54, 1.807) is 35.0 Å². The van der Waals surface area contributed by atoms with Crippen LogP contribution in [0.15, 0.2) is 45.9 Å². The van der Waals surface area contributed by atoms with Gasteiger partial charge in [-0.05, 0) is 46.1 Å². The minimum atomic E-state index is -3.20. The van der Waals surface area contributed by atoms with Gasteiger partial charge in [0.2, 0.25) is 0 Å². The molecule has 8 heteroatoms. The Morgan fingerprint density at radius 3 is 2.46 bits per heavy atom. The fourth-order valence-electron chi connectivity index (χ4n) is 2.27. The zero-order valence-electron chi connectivity index (χ0n) is 13.5.